The fourth-order valence-electron chi connectivity index (χ4n) is 4.77. The molecule has 3 fully saturated rings. The summed E-state index contributed by atoms with van der Waals surface area (Å²) in [7, 11) is 0. The van der Waals surface area contributed by atoms with E-state index in [1.54, 1.807) is 6.20 Å². The van der Waals surface area contributed by atoms with Gasteiger partial charge in [0.15, 0.2) is 0 Å². The highest BCUT2D eigenvalue weighted by Gasteiger charge is 2.40. The van der Waals surface area contributed by atoms with Gasteiger partial charge in [0, 0.05) is 51.4 Å². The van der Waals surface area contributed by atoms with Gasteiger partial charge in [0.25, 0.3) is 0 Å². The molecule has 1 aromatic rings. The molecule has 27 heavy (non-hydrogen) atoms. The first-order chi connectivity index (χ1) is 13.2. The summed E-state index contributed by atoms with van der Waals surface area (Å²) in [5.41, 5.74) is 0. The topological polar surface area (TPSA) is 56.8 Å². The Kier molecular flexibility index (Phi) is 5.60. The highest BCUT2D eigenvalue weighted by atomic mass is 16.2. The van der Waals surface area contributed by atoms with Crippen molar-refractivity contribution in [3.8, 4) is 0 Å². The van der Waals surface area contributed by atoms with Crippen molar-refractivity contribution >= 4 is 17.6 Å². The molecule has 6 heteroatoms. The van der Waals surface area contributed by atoms with Gasteiger partial charge in [0.1, 0.15) is 5.82 Å². The maximum absolute atomic E-state index is 13.0. The summed E-state index contributed by atoms with van der Waals surface area (Å²) in [4.78, 5) is 36.2. The minimum atomic E-state index is -0.151. The van der Waals surface area contributed by atoms with Gasteiger partial charge in [-0.05, 0) is 25.0 Å². The van der Waals surface area contributed by atoms with Crippen molar-refractivity contribution < 1.29 is 9.59 Å². The van der Waals surface area contributed by atoms with E-state index in [2.05, 4.69) is 9.88 Å². The number of hydrogen-bond donors (Lipinski definition) is 0. The molecule has 1 aromatic heterocycles. The van der Waals surface area contributed by atoms with Gasteiger partial charge < -0.3 is 14.7 Å². The zero-order valence-corrected chi connectivity index (χ0v) is 16.1. The van der Waals surface area contributed by atoms with Crippen LogP contribution in [0, 0.1) is 5.92 Å². The van der Waals surface area contributed by atoms with Crippen molar-refractivity contribution in [1.82, 2.24) is 14.8 Å². The fraction of sp³-hybridized carbons (Fsp3) is 0.667. The molecule has 1 saturated carbocycles. The molecule has 0 N–H and O–H groups in total. The van der Waals surface area contributed by atoms with E-state index in [-0.39, 0.29) is 17.7 Å². The molecule has 3 heterocycles. The second kappa shape index (κ2) is 8.28. The first kappa shape index (κ1) is 18.3. The van der Waals surface area contributed by atoms with E-state index in [0.29, 0.717) is 32.1 Å². The summed E-state index contributed by atoms with van der Waals surface area (Å²) >= 11 is 0. The maximum Gasteiger partial charge on any atom is 0.228 e. The van der Waals surface area contributed by atoms with Gasteiger partial charge in [0.2, 0.25) is 11.8 Å². The van der Waals surface area contributed by atoms with Crippen LogP contribution >= 0.6 is 0 Å². The molecule has 4 rings (SSSR count). The van der Waals surface area contributed by atoms with Crippen LogP contribution in [0.15, 0.2) is 24.4 Å². The molecule has 0 spiro atoms. The minimum Gasteiger partial charge on any atom is -0.353 e. The maximum atomic E-state index is 13.0. The number of hydrogen-bond acceptors (Lipinski definition) is 4. The number of carbonyl (C=O) groups is 2. The second-order valence-corrected chi connectivity index (χ2v) is 8.09. The van der Waals surface area contributed by atoms with E-state index in [4.69, 9.17) is 0 Å². The summed E-state index contributed by atoms with van der Waals surface area (Å²) < 4.78 is 0. The van der Waals surface area contributed by atoms with E-state index < -0.39 is 0 Å². The summed E-state index contributed by atoms with van der Waals surface area (Å²) in [6.45, 7) is 3.65. The SMILES string of the molecule is O=C(C1CC(=O)N(C2CCCCCC2)C1)N1CCN(c2ccccn2)CC1. The first-order valence-electron chi connectivity index (χ1n) is 10.5. The predicted octanol–water partition coefficient (Wildman–Crippen LogP) is 2.30. The van der Waals surface area contributed by atoms with Crippen LogP contribution in [0.25, 0.3) is 0 Å². The zero-order valence-electron chi connectivity index (χ0n) is 16.1. The summed E-state index contributed by atoms with van der Waals surface area (Å²) in [5.74, 6) is 1.18. The molecule has 0 radical (unpaired) electrons. The summed E-state index contributed by atoms with van der Waals surface area (Å²) in [6.07, 6.45) is 9.40. The molecule has 3 aliphatic rings. The lowest BCUT2D eigenvalue weighted by molar-refractivity contribution is -0.136. The Morgan fingerprint density at radius 3 is 2.41 bits per heavy atom. The average Bonchev–Trinajstić information content (AvgIpc) is 2.92. The number of pyridine rings is 1. The number of rotatable bonds is 3. The van der Waals surface area contributed by atoms with Crippen molar-refractivity contribution in [3.05, 3.63) is 24.4 Å². The Bertz CT molecular complexity index is 649. The molecule has 1 atom stereocenters. The summed E-state index contributed by atoms with van der Waals surface area (Å²) in [5, 5.41) is 0. The molecule has 1 unspecified atom stereocenters. The Balaban J connectivity index is 1.32. The number of nitrogens with zero attached hydrogens (tertiary/aromatic N) is 4. The molecular weight excluding hydrogens is 340 g/mol. The molecule has 2 amide bonds. The number of piperazine rings is 1. The smallest absolute Gasteiger partial charge is 0.228 e. The quantitative estimate of drug-likeness (QED) is 0.766. The van der Waals surface area contributed by atoms with Crippen molar-refractivity contribution in [2.24, 2.45) is 5.92 Å². The third-order valence-electron chi connectivity index (χ3n) is 6.34. The molecule has 1 aliphatic carbocycles. The van der Waals surface area contributed by atoms with Gasteiger partial charge in [0.05, 0.1) is 5.92 Å². The van der Waals surface area contributed by atoms with Crippen LogP contribution in [0.1, 0.15) is 44.9 Å². The fourth-order valence-corrected chi connectivity index (χ4v) is 4.77. The van der Waals surface area contributed by atoms with Crippen LogP contribution in [-0.2, 0) is 9.59 Å². The van der Waals surface area contributed by atoms with Crippen molar-refractivity contribution in [1.29, 1.82) is 0 Å². The molecule has 2 saturated heterocycles. The van der Waals surface area contributed by atoms with E-state index in [1.165, 1.54) is 25.7 Å². The first-order valence-corrected chi connectivity index (χ1v) is 10.5. The van der Waals surface area contributed by atoms with Gasteiger partial charge in [-0.15, -0.1) is 0 Å². The van der Waals surface area contributed by atoms with Crippen LogP contribution in [-0.4, -0.2) is 65.4 Å². The lowest BCUT2D eigenvalue weighted by atomic mass is 10.1. The number of anilines is 1. The number of amides is 2. The number of aromatic nitrogens is 1. The zero-order chi connectivity index (χ0) is 18.6. The largest absolute Gasteiger partial charge is 0.353 e. The molecular formula is C21H30N4O2. The monoisotopic (exact) mass is 370 g/mol. The lowest BCUT2D eigenvalue weighted by Crippen LogP contribution is -2.51. The van der Waals surface area contributed by atoms with Gasteiger partial charge in [-0.3, -0.25) is 9.59 Å². The van der Waals surface area contributed by atoms with Crippen LogP contribution in [0.2, 0.25) is 0 Å². The Morgan fingerprint density at radius 2 is 1.74 bits per heavy atom. The van der Waals surface area contributed by atoms with E-state index in [0.717, 1.165) is 31.7 Å². The molecule has 146 valence electrons. The minimum absolute atomic E-state index is 0.151. The van der Waals surface area contributed by atoms with E-state index >= 15 is 0 Å². The van der Waals surface area contributed by atoms with Crippen molar-refractivity contribution in [3.63, 3.8) is 0 Å². The molecule has 0 bridgehead atoms. The average molecular weight is 370 g/mol. The van der Waals surface area contributed by atoms with Gasteiger partial charge in [-0.2, -0.15) is 0 Å². The van der Waals surface area contributed by atoms with E-state index in [1.807, 2.05) is 28.0 Å². The highest BCUT2D eigenvalue weighted by Crippen LogP contribution is 2.29. The summed E-state index contributed by atoms with van der Waals surface area (Å²) in [6, 6.07) is 6.28. The Hall–Kier alpha value is -2.11. The third-order valence-corrected chi connectivity index (χ3v) is 6.34. The standard InChI is InChI=1S/C21H30N4O2/c26-20-15-17(16-25(20)18-7-3-1-2-4-8-18)21(27)24-13-11-23(12-14-24)19-9-5-6-10-22-19/h5-6,9-10,17-18H,1-4,7-8,11-16H2. The van der Waals surface area contributed by atoms with Gasteiger partial charge >= 0.3 is 0 Å². The van der Waals surface area contributed by atoms with Crippen LogP contribution in [0.3, 0.4) is 0 Å². The van der Waals surface area contributed by atoms with Gasteiger partial charge in [-0.1, -0.05) is 31.7 Å². The van der Waals surface area contributed by atoms with Gasteiger partial charge in [-0.25, -0.2) is 4.98 Å². The predicted molar refractivity (Wildman–Crippen MR) is 104 cm³/mol. The van der Waals surface area contributed by atoms with Crippen molar-refractivity contribution in [2.45, 2.75) is 51.0 Å². The van der Waals surface area contributed by atoms with Crippen LogP contribution < -0.4 is 4.90 Å². The molecule has 6 nitrogen and oxygen atoms in total. The van der Waals surface area contributed by atoms with Crippen molar-refractivity contribution in [2.75, 3.05) is 37.6 Å². The number of likely N-dealkylation sites (tertiary alicyclic amines) is 1. The van der Waals surface area contributed by atoms with Crippen LogP contribution in [0.4, 0.5) is 5.82 Å². The van der Waals surface area contributed by atoms with E-state index in [9.17, 15) is 9.59 Å². The third kappa shape index (κ3) is 4.09. The lowest BCUT2D eigenvalue weighted by Gasteiger charge is -2.36. The normalized spacial score (nSPS) is 25.0. The molecule has 0 aromatic carbocycles. The second-order valence-electron chi connectivity index (χ2n) is 8.09. The molecule has 2 aliphatic heterocycles. The number of carbonyl (C=O) groups excluding carboxylic acids is 2. The highest BCUT2D eigenvalue weighted by molar-refractivity contribution is 5.89. The van der Waals surface area contributed by atoms with Crippen LogP contribution in [0.5, 0.6) is 0 Å². The Labute approximate surface area is 161 Å². The Morgan fingerprint density at radius 1 is 1.00 bits per heavy atom.